The van der Waals surface area contributed by atoms with Crippen LogP contribution in [0.2, 0.25) is 0 Å². The number of hydroxylamine groups is 1. The maximum atomic E-state index is 11.5. The number of rotatable bonds is 7. The monoisotopic (exact) mass is 233 g/mol. The van der Waals surface area contributed by atoms with Crippen molar-refractivity contribution in [2.75, 3.05) is 20.3 Å². The third-order valence-corrected chi connectivity index (χ3v) is 1.81. The minimum Gasteiger partial charge on any atom is -0.382 e. The summed E-state index contributed by atoms with van der Waals surface area (Å²) in [4.78, 5) is 27.0. The van der Waals surface area contributed by atoms with Gasteiger partial charge in [0.05, 0.1) is 13.2 Å². The maximum Gasteiger partial charge on any atom is 0.312 e. The first-order chi connectivity index (χ1) is 7.49. The van der Waals surface area contributed by atoms with E-state index < -0.39 is 18.0 Å². The Balaban J connectivity index is 4.02. The predicted molar refractivity (Wildman–Crippen MR) is 57.3 cm³/mol. The Labute approximate surface area is 94.6 Å². The second kappa shape index (κ2) is 7.89. The van der Waals surface area contributed by atoms with Crippen molar-refractivity contribution in [3.05, 3.63) is 0 Å². The van der Waals surface area contributed by atoms with Crippen LogP contribution in [0.15, 0.2) is 0 Å². The molecule has 94 valence electrons. The number of carbonyl (C=O) groups is 2. The molecule has 0 spiro atoms. The zero-order valence-electron chi connectivity index (χ0n) is 9.78. The van der Waals surface area contributed by atoms with E-state index in [1.807, 2.05) is 0 Å². The van der Waals surface area contributed by atoms with Crippen LogP contribution in [-0.2, 0) is 14.4 Å². The highest BCUT2D eigenvalue weighted by molar-refractivity contribution is 5.86. The minimum absolute atomic E-state index is 0.0847. The Hall–Kier alpha value is -1.34. The van der Waals surface area contributed by atoms with Crippen molar-refractivity contribution in [3.8, 4) is 0 Å². The molecule has 0 aromatic carbocycles. The van der Waals surface area contributed by atoms with Gasteiger partial charge >= 0.3 is 6.03 Å². The van der Waals surface area contributed by atoms with Gasteiger partial charge in [0.15, 0.2) is 0 Å². The number of ether oxygens (including phenoxy) is 1. The van der Waals surface area contributed by atoms with Crippen molar-refractivity contribution in [2.45, 2.75) is 19.9 Å². The van der Waals surface area contributed by atoms with Gasteiger partial charge in [-0.25, -0.2) is 10.3 Å². The number of amides is 3. The van der Waals surface area contributed by atoms with Crippen LogP contribution in [0, 0.1) is 5.92 Å². The molecule has 0 saturated heterocycles. The highest BCUT2D eigenvalue weighted by Crippen LogP contribution is 2.01. The number of methoxy groups -OCH3 is 1. The summed E-state index contributed by atoms with van der Waals surface area (Å²) in [7, 11) is 1.52. The molecule has 0 rings (SSSR count). The number of hydrogen-bond donors (Lipinski definition) is 3. The number of urea groups is 1. The van der Waals surface area contributed by atoms with E-state index in [4.69, 9.17) is 15.3 Å². The van der Waals surface area contributed by atoms with Crippen LogP contribution < -0.4 is 16.5 Å². The number of nitrogens with one attached hydrogen (secondary N) is 2. The summed E-state index contributed by atoms with van der Waals surface area (Å²) in [6.07, 6.45) is 0. The first kappa shape index (κ1) is 14.7. The molecule has 1 unspecified atom stereocenters. The van der Waals surface area contributed by atoms with E-state index in [0.29, 0.717) is 6.61 Å². The van der Waals surface area contributed by atoms with Crippen molar-refractivity contribution < 1.29 is 19.2 Å². The Kier molecular flexibility index (Phi) is 7.23. The van der Waals surface area contributed by atoms with Crippen molar-refractivity contribution in [1.29, 1.82) is 0 Å². The topological polar surface area (TPSA) is 103 Å². The van der Waals surface area contributed by atoms with E-state index in [2.05, 4.69) is 10.8 Å². The van der Waals surface area contributed by atoms with Gasteiger partial charge in [0.25, 0.3) is 5.91 Å². The van der Waals surface area contributed by atoms with E-state index in [1.165, 1.54) is 7.11 Å². The summed E-state index contributed by atoms with van der Waals surface area (Å²) in [6.45, 7) is 4.18. The molecule has 0 radical (unpaired) electrons. The van der Waals surface area contributed by atoms with Crippen LogP contribution in [0.25, 0.3) is 0 Å². The predicted octanol–water partition coefficient (Wildman–Crippen LogP) is -0.626. The van der Waals surface area contributed by atoms with E-state index in [0.717, 1.165) is 0 Å². The van der Waals surface area contributed by atoms with Crippen LogP contribution in [0.1, 0.15) is 13.8 Å². The van der Waals surface area contributed by atoms with Crippen LogP contribution in [-0.4, -0.2) is 38.3 Å². The lowest BCUT2D eigenvalue weighted by atomic mass is 10.0. The lowest BCUT2D eigenvalue weighted by Crippen LogP contribution is -2.51. The quantitative estimate of drug-likeness (QED) is 0.402. The normalized spacial score (nSPS) is 12.2. The summed E-state index contributed by atoms with van der Waals surface area (Å²) >= 11 is 0. The van der Waals surface area contributed by atoms with E-state index in [9.17, 15) is 9.59 Å². The van der Waals surface area contributed by atoms with Crippen LogP contribution in [0.4, 0.5) is 4.79 Å². The SMILES string of the molecule is COCCONC(=O)C(NC(N)=O)C(C)C. The standard InChI is InChI=1S/C9H19N3O4/c1-6(2)7(11-9(10)14)8(13)12-16-5-4-15-3/h6-7H,4-5H2,1-3H3,(H,12,13)(H3,10,11,14). The average molecular weight is 233 g/mol. The maximum absolute atomic E-state index is 11.5. The summed E-state index contributed by atoms with van der Waals surface area (Å²) in [5, 5.41) is 2.34. The summed E-state index contributed by atoms with van der Waals surface area (Å²) in [5.74, 6) is -0.525. The third kappa shape index (κ3) is 6.20. The second-order valence-corrected chi connectivity index (χ2v) is 3.54. The number of nitrogens with two attached hydrogens (primary N) is 1. The molecule has 0 aromatic heterocycles. The molecule has 3 amide bonds. The zero-order chi connectivity index (χ0) is 12.6. The second-order valence-electron chi connectivity index (χ2n) is 3.54. The molecular formula is C9H19N3O4. The van der Waals surface area contributed by atoms with Gasteiger partial charge in [0.1, 0.15) is 6.04 Å². The number of primary amides is 1. The molecule has 0 aliphatic carbocycles. The van der Waals surface area contributed by atoms with Gasteiger partial charge < -0.3 is 15.8 Å². The largest absolute Gasteiger partial charge is 0.382 e. The van der Waals surface area contributed by atoms with Crippen LogP contribution >= 0.6 is 0 Å². The van der Waals surface area contributed by atoms with Gasteiger partial charge in [-0.3, -0.25) is 9.63 Å². The molecule has 0 saturated carbocycles. The molecule has 4 N–H and O–H groups in total. The minimum atomic E-state index is -0.745. The molecule has 0 heterocycles. The Morgan fingerprint density at radius 1 is 1.31 bits per heavy atom. The highest BCUT2D eigenvalue weighted by Gasteiger charge is 2.23. The van der Waals surface area contributed by atoms with Crippen LogP contribution in [0.5, 0.6) is 0 Å². The molecule has 0 aromatic rings. The Bertz CT molecular complexity index is 233. The van der Waals surface area contributed by atoms with Gasteiger partial charge in [-0.15, -0.1) is 0 Å². The number of hydrogen-bond acceptors (Lipinski definition) is 4. The molecule has 0 aliphatic rings. The van der Waals surface area contributed by atoms with Crippen molar-refractivity contribution in [2.24, 2.45) is 11.7 Å². The molecular weight excluding hydrogens is 214 g/mol. The highest BCUT2D eigenvalue weighted by atomic mass is 16.7. The fourth-order valence-corrected chi connectivity index (χ4v) is 0.999. The fraction of sp³-hybridized carbons (Fsp3) is 0.778. The molecule has 0 bridgehead atoms. The van der Waals surface area contributed by atoms with Gasteiger partial charge in [-0.1, -0.05) is 13.8 Å². The summed E-state index contributed by atoms with van der Waals surface area (Å²) in [5.41, 5.74) is 7.17. The van der Waals surface area contributed by atoms with Crippen molar-refractivity contribution in [3.63, 3.8) is 0 Å². The van der Waals surface area contributed by atoms with E-state index in [-0.39, 0.29) is 12.5 Å². The molecule has 1 atom stereocenters. The van der Waals surface area contributed by atoms with Crippen molar-refractivity contribution >= 4 is 11.9 Å². The number of carbonyl (C=O) groups excluding carboxylic acids is 2. The molecule has 0 aliphatic heterocycles. The summed E-state index contributed by atoms with van der Waals surface area (Å²) < 4.78 is 4.73. The first-order valence-electron chi connectivity index (χ1n) is 4.95. The Morgan fingerprint density at radius 3 is 2.38 bits per heavy atom. The molecule has 16 heavy (non-hydrogen) atoms. The molecule has 7 heteroatoms. The third-order valence-electron chi connectivity index (χ3n) is 1.81. The molecule has 0 fully saturated rings. The Morgan fingerprint density at radius 2 is 1.94 bits per heavy atom. The van der Waals surface area contributed by atoms with Crippen LogP contribution in [0.3, 0.4) is 0 Å². The molecule has 7 nitrogen and oxygen atoms in total. The average Bonchev–Trinajstić information content (AvgIpc) is 2.20. The lowest BCUT2D eigenvalue weighted by molar-refractivity contribution is -0.137. The van der Waals surface area contributed by atoms with E-state index in [1.54, 1.807) is 13.8 Å². The first-order valence-corrected chi connectivity index (χ1v) is 4.95. The summed E-state index contributed by atoms with van der Waals surface area (Å²) in [6, 6.07) is -1.45. The van der Waals surface area contributed by atoms with E-state index >= 15 is 0 Å². The van der Waals surface area contributed by atoms with Crippen molar-refractivity contribution in [1.82, 2.24) is 10.8 Å². The smallest absolute Gasteiger partial charge is 0.312 e. The fourth-order valence-electron chi connectivity index (χ4n) is 0.999. The van der Waals surface area contributed by atoms with Gasteiger partial charge in [-0.2, -0.15) is 0 Å². The zero-order valence-corrected chi connectivity index (χ0v) is 9.78. The van der Waals surface area contributed by atoms with Gasteiger partial charge in [0.2, 0.25) is 0 Å². The van der Waals surface area contributed by atoms with Gasteiger partial charge in [0, 0.05) is 7.11 Å². The van der Waals surface area contributed by atoms with Gasteiger partial charge in [-0.05, 0) is 5.92 Å². The lowest BCUT2D eigenvalue weighted by Gasteiger charge is -2.20.